The minimum atomic E-state index is -0.496. The Hall–Kier alpha value is -2.42. The topological polar surface area (TPSA) is 138 Å². The summed E-state index contributed by atoms with van der Waals surface area (Å²) in [4.78, 5) is 21.8. The molecule has 0 saturated carbocycles. The lowest BCUT2D eigenvalue weighted by Crippen LogP contribution is -2.15. The van der Waals surface area contributed by atoms with E-state index in [0.717, 1.165) is 6.08 Å². The summed E-state index contributed by atoms with van der Waals surface area (Å²) in [6.45, 7) is 3.74. The molecule has 0 atom stereocenters. The molecular formula is C9H14N6O3. The minimum absolute atomic E-state index is 0.0184. The average Bonchev–Trinajstić information content (AvgIpc) is 2.32. The van der Waals surface area contributed by atoms with Gasteiger partial charge >= 0.3 is 5.97 Å². The van der Waals surface area contributed by atoms with Crippen LogP contribution in [0.4, 0.5) is 17.8 Å². The zero-order valence-corrected chi connectivity index (χ0v) is 9.63. The summed E-state index contributed by atoms with van der Waals surface area (Å²) in [7, 11) is 0. The number of hydrogen-bond acceptors (Lipinski definition) is 9. The van der Waals surface area contributed by atoms with E-state index in [1.54, 1.807) is 0 Å². The lowest BCUT2D eigenvalue weighted by molar-refractivity contribution is -0.139. The van der Waals surface area contributed by atoms with Crippen molar-refractivity contribution in [1.29, 1.82) is 0 Å². The number of rotatable bonds is 7. The summed E-state index contributed by atoms with van der Waals surface area (Å²) in [6.07, 6.45) is 1.08. The van der Waals surface area contributed by atoms with Gasteiger partial charge in [-0.15, -0.1) is 0 Å². The Morgan fingerprint density at radius 3 is 2.56 bits per heavy atom. The Morgan fingerprint density at radius 2 is 1.94 bits per heavy atom. The van der Waals surface area contributed by atoms with E-state index in [1.165, 1.54) is 0 Å². The molecule has 0 radical (unpaired) electrons. The molecule has 18 heavy (non-hydrogen) atoms. The van der Waals surface area contributed by atoms with Crippen molar-refractivity contribution >= 4 is 23.8 Å². The van der Waals surface area contributed by atoms with Gasteiger partial charge in [0.2, 0.25) is 17.8 Å². The number of ether oxygens (including phenoxy) is 2. The maximum Gasteiger partial charge on any atom is 0.330 e. The molecule has 0 aromatic carbocycles. The fourth-order valence-electron chi connectivity index (χ4n) is 0.936. The van der Waals surface area contributed by atoms with Gasteiger partial charge in [0.25, 0.3) is 0 Å². The molecular weight excluding hydrogens is 240 g/mol. The number of nitrogens with two attached hydrogens (primary N) is 2. The highest BCUT2D eigenvalue weighted by molar-refractivity contribution is 5.81. The van der Waals surface area contributed by atoms with Gasteiger partial charge in [-0.2, -0.15) is 15.0 Å². The third kappa shape index (κ3) is 5.07. The van der Waals surface area contributed by atoms with Gasteiger partial charge in [0.15, 0.2) is 0 Å². The highest BCUT2D eigenvalue weighted by atomic mass is 16.6. The van der Waals surface area contributed by atoms with E-state index >= 15 is 0 Å². The molecule has 1 heterocycles. The van der Waals surface area contributed by atoms with Crippen LogP contribution in [-0.2, 0) is 14.3 Å². The molecule has 98 valence electrons. The number of hydrogen-bond donors (Lipinski definition) is 3. The molecule has 0 spiro atoms. The lowest BCUT2D eigenvalue weighted by Gasteiger charge is -2.06. The third-order valence-corrected chi connectivity index (χ3v) is 1.64. The van der Waals surface area contributed by atoms with Crippen molar-refractivity contribution < 1.29 is 14.3 Å². The molecule has 5 N–H and O–H groups in total. The summed E-state index contributed by atoms with van der Waals surface area (Å²) in [5.74, 6) is -0.248. The molecule has 1 aromatic rings. The van der Waals surface area contributed by atoms with Gasteiger partial charge in [0, 0.05) is 6.08 Å². The average molecular weight is 254 g/mol. The number of esters is 1. The molecule has 0 unspecified atom stereocenters. The van der Waals surface area contributed by atoms with Crippen LogP contribution in [0.15, 0.2) is 12.7 Å². The van der Waals surface area contributed by atoms with Crippen LogP contribution in [0.3, 0.4) is 0 Å². The molecule has 0 fully saturated rings. The van der Waals surface area contributed by atoms with Crippen molar-refractivity contribution in [3.8, 4) is 0 Å². The SMILES string of the molecule is C=CC(=O)OCCOCNc1nc(N)nc(N)n1. The first-order valence-electron chi connectivity index (χ1n) is 4.99. The van der Waals surface area contributed by atoms with Crippen LogP contribution in [0.2, 0.25) is 0 Å². The second kappa shape index (κ2) is 7.01. The molecule has 1 rings (SSSR count). The van der Waals surface area contributed by atoms with E-state index in [9.17, 15) is 4.79 Å². The van der Waals surface area contributed by atoms with Crippen LogP contribution in [0, 0.1) is 0 Å². The summed E-state index contributed by atoms with van der Waals surface area (Å²) in [5.41, 5.74) is 10.7. The lowest BCUT2D eigenvalue weighted by atomic mass is 10.6. The number of aromatic nitrogens is 3. The normalized spacial score (nSPS) is 9.78. The predicted octanol–water partition coefficient (Wildman–Crippen LogP) is -0.849. The Kier molecular flexibility index (Phi) is 5.32. The second-order valence-electron chi connectivity index (χ2n) is 2.98. The number of carbonyl (C=O) groups excluding carboxylic acids is 1. The summed E-state index contributed by atoms with van der Waals surface area (Å²) in [5, 5.41) is 2.72. The molecule has 0 aliphatic rings. The van der Waals surface area contributed by atoms with Crippen molar-refractivity contribution in [3.05, 3.63) is 12.7 Å². The Labute approximate surface area is 103 Å². The predicted molar refractivity (Wildman–Crippen MR) is 64.2 cm³/mol. The highest BCUT2D eigenvalue weighted by Gasteiger charge is 2.00. The zero-order chi connectivity index (χ0) is 13.4. The quantitative estimate of drug-likeness (QED) is 0.246. The van der Waals surface area contributed by atoms with E-state index < -0.39 is 5.97 Å². The van der Waals surface area contributed by atoms with E-state index in [4.69, 9.17) is 20.9 Å². The number of nitrogens with one attached hydrogen (secondary N) is 1. The van der Waals surface area contributed by atoms with E-state index in [1.807, 2.05) is 0 Å². The van der Waals surface area contributed by atoms with Crippen LogP contribution in [-0.4, -0.2) is 40.9 Å². The molecule has 0 aliphatic carbocycles. The van der Waals surface area contributed by atoms with Crippen molar-refractivity contribution in [2.45, 2.75) is 0 Å². The van der Waals surface area contributed by atoms with E-state index in [-0.39, 0.29) is 37.8 Å². The van der Waals surface area contributed by atoms with Crippen molar-refractivity contribution in [2.75, 3.05) is 36.7 Å². The largest absolute Gasteiger partial charge is 0.460 e. The maximum absolute atomic E-state index is 10.7. The summed E-state index contributed by atoms with van der Waals surface area (Å²) < 4.78 is 9.80. The maximum atomic E-state index is 10.7. The monoisotopic (exact) mass is 254 g/mol. The number of carbonyl (C=O) groups is 1. The van der Waals surface area contributed by atoms with Gasteiger partial charge in [-0.05, 0) is 0 Å². The molecule has 0 bridgehead atoms. The minimum Gasteiger partial charge on any atom is -0.460 e. The number of anilines is 3. The van der Waals surface area contributed by atoms with Gasteiger partial charge in [-0.1, -0.05) is 6.58 Å². The Bertz CT molecular complexity index is 405. The van der Waals surface area contributed by atoms with Crippen LogP contribution in [0.1, 0.15) is 0 Å². The van der Waals surface area contributed by atoms with Crippen molar-refractivity contribution in [2.24, 2.45) is 0 Å². The second-order valence-corrected chi connectivity index (χ2v) is 2.98. The first-order chi connectivity index (χ1) is 8.61. The van der Waals surface area contributed by atoms with Crippen LogP contribution in [0.25, 0.3) is 0 Å². The molecule has 9 heteroatoms. The Morgan fingerprint density at radius 1 is 1.28 bits per heavy atom. The van der Waals surface area contributed by atoms with Gasteiger partial charge in [-0.3, -0.25) is 0 Å². The first kappa shape index (κ1) is 13.6. The summed E-state index contributed by atoms with van der Waals surface area (Å²) in [6, 6.07) is 0. The van der Waals surface area contributed by atoms with E-state index in [0.29, 0.717) is 0 Å². The number of nitrogen functional groups attached to an aromatic ring is 2. The standard InChI is InChI=1S/C9H14N6O3/c1-2-6(16)18-4-3-17-5-12-9-14-7(10)13-8(11)15-9/h2H,1,3-5H2,(H5,10,11,12,13,14,15). The zero-order valence-electron chi connectivity index (χ0n) is 9.63. The smallest absolute Gasteiger partial charge is 0.330 e. The molecule has 9 nitrogen and oxygen atoms in total. The van der Waals surface area contributed by atoms with Gasteiger partial charge < -0.3 is 26.3 Å². The molecule has 0 amide bonds. The first-order valence-corrected chi connectivity index (χ1v) is 4.99. The van der Waals surface area contributed by atoms with Gasteiger partial charge in [-0.25, -0.2) is 4.79 Å². The third-order valence-electron chi connectivity index (χ3n) is 1.64. The van der Waals surface area contributed by atoms with Crippen molar-refractivity contribution in [3.63, 3.8) is 0 Å². The summed E-state index contributed by atoms with van der Waals surface area (Å²) >= 11 is 0. The fraction of sp³-hybridized carbons (Fsp3) is 0.333. The molecule has 0 saturated heterocycles. The van der Waals surface area contributed by atoms with Crippen LogP contribution < -0.4 is 16.8 Å². The van der Waals surface area contributed by atoms with Crippen molar-refractivity contribution in [1.82, 2.24) is 15.0 Å². The van der Waals surface area contributed by atoms with Gasteiger partial charge in [0.05, 0.1) is 6.61 Å². The molecule has 0 aliphatic heterocycles. The molecule has 1 aromatic heterocycles. The van der Waals surface area contributed by atoms with Gasteiger partial charge in [0.1, 0.15) is 13.3 Å². The Balaban J connectivity index is 2.18. The van der Waals surface area contributed by atoms with E-state index in [2.05, 4.69) is 26.8 Å². The number of nitrogens with zero attached hydrogens (tertiary/aromatic N) is 3. The highest BCUT2D eigenvalue weighted by Crippen LogP contribution is 2.02. The van der Waals surface area contributed by atoms with Crippen LogP contribution >= 0.6 is 0 Å². The van der Waals surface area contributed by atoms with Crippen LogP contribution in [0.5, 0.6) is 0 Å². The fourth-order valence-corrected chi connectivity index (χ4v) is 0.936.